The zero-order valence-electron chi connectivity index (χ0n) is 23.0. The molecule has 0 saturated carbocycles. The van der Waals surface area contributed by atoms with Crippen molar-refractivity contribution in [1.82, 2.24) is 4.90 Å². The molecular weight excluding hydrogens is 524 g/mol. The molecule has 4 saturated heterocycles. The molecule has 0 aromatic heterocycles. The number of carboxylic acid groups (broad SMARTS) is 1. The lowest BCUT2D eigenvalue weighted by atomic mass is 9.82. The summed E-state index contributed by atoms with van der Waals surface area (Å²) < 4.78 is 1.74. The number of ketones is 1. The van der Waals surface area contributed by atoms with Crippen LogP contribution in [-0.4, -0.2) is 100 Å². The number of carboxylic acids is 1. The van der Waals surface area contributed by atoms with Crippen molar-refractivity contribution < 1.29 is 38.4 Å². The molecule has 2 bridgehead atoms. The van der Waals surface area contributed by atoms with Gasteiger partial charge in [0.1, 0.15) is 45.8 Å². The minimum absolute atomic E-state index is 0.0495. The third-order valence-corrected chi connectivity index (χ3v) is 10.3. The van der Waals surface area contributed by atoms with E-state index in [4.69, 9.17) is 5.73 Å². The summed E-state index contributed by atoms with van der Waals surface area (Å²) in [4.78, 5) is 51.0. The Morgan fingerprint density at radius 1 is 0.976 bits per heavy atom. The van der Waals surface area contributed by atoms with Crippen LogP contribution in [0, 0.1) is 5.92 Å². The highest BCUT2D eigenvalue weighted by Gasteiger charge is 2.55. The molecule has 0 radical (unpaired) electrons. The monoisotopic (exact) mass is 557 g/mol. The molecule has 0 spiro atoms. The number of nitrogens with two attached hydrogens (primary N) is 1. The van der Waals surface area contributed by atoms with Gasteiger partial charge in [0.2, 0.25) is 5.91 Å². The maximum absolute atomic E-state index is 13.5. The largest absolute Gasteiger partial charge is 0.543 e. The number of rotatable bonds is 7. The highest BCUT2D eigenvalue weighted by Crippen LogP contribution is 2.48. The van der Waals surface area contributed by atoms with Gasteiger partial charge in [-0.3, -0.25) is 14.4 Å². The molecule has 5 heterocycles. The summed E-state index contributed by atoms with van der Waals surface area (Å²) >= 11 is 0. The van der Waals surface area contributed by atoms with Crippen molar-refractivity contribution in [1.29, 1.82) is 0 Å². The van der Waals surface area contributed by atoms with Crippen molar-refractivity contribution in [2.24, 2.45) is 11.7 Å². The Bertz CT molecular complexity index is 1570. The normalized spacial score (nSPS) is 30.1. The Balaban J connectivity index is 1.16. The minimum Gasteiger partial charge on any atom is -0.543 e. The number of piperazine rings is 3. The number of carbonyl (C=O) groups excluding carboxylic acids is 4. The van der Waals surface area contributed by atoms with Crippen LogP contribution < -0.4 is 10.8 Å². The van der Waals surface area contributed by atoms with Crippen LogP contribution in [0.1, 0.15) is 40.4 Å². The third-order valence-electron chi connectivity index (χ3n) is 10.3. The van der Waals surface area contributed by atoms with Crippen LogP contribution in [0.5, 0.6) is 0 Å². The van der Waals surface area contributed by atoms with Gasteiger partial charge in [-0.1, -0.05) is 18.2 Å². The maximum Gasteiger partial charge on any atom is 0.272 e. The van der Waals surface area contributed by atoms with E-state index >= 15 is 0 Å². The molecule has 212 valence electrons. The number of aliphatic hydroxyl groups is 1. The molecule has 10 nitrogen and oxygen atoms in total. The SMILES string of the molecule is C[C@@H](O)[C@H]1C(=O)N2C(C(=O)[O-])=C(c3ccc4c(c3)-c3ccc(C[N+]56CC[N+](CC(N)=O)(CC5)CC6)cc3C4=O)C[C@H]12. The molecule has 3 atom stereocenters. The predicted octanol–water partition coefficient (Wildman–Crippen LogP) is -0.383. The first-order chi connectivity index (χ1) is 19.5. The molecule has 41 heavy (non-hydrogen) atoms. The number of aliphatic carboxylic acids is 1. The number of fused-ring (bicyclic) bond motifs is 7. The topological polar surface area (TPSA) is 141 Å². The van der Waals surface area contributed by atoms with Crippen LogP contribution in [-0.2, 0) is 20.9 Å². The summed E-state index contributed by atoms with van der Waals surface area (Å²) in [6.45, 7) is 8.53. The Morgan fingerprint density at radius 2 is 1.63 bits per heavy atom. The lowest BCUT2D eigenvalue weighted by Gasteiger charge is -2.55. The summed E-state index contributed by atoms with van der Waals surface area (Å²) in [5.41, 5.74) is 10.4. The second-order valence-corrected chi connectivity index (χ2v) is 12.6. The summed E-state index contributed by atoms with van der Waals surface area (Å²) in [5.74, 6) is -2.75. The third kappa shape index (κ3) is 3.81. The van der Waals surface area contributed by atoms with Gasteiger partial charge >= 0.3 is 0 Å². The van der Waals surface area contributed by atoms with E-state index in [1.54, 1.807) is 19.1 Å². The van der Waals surface area contributed by atoms with Crippen molar-refractivity contribution in [2.45, 2.75) is 32.0 Å². The molecule has 3 N–H and O–H groups in total. The highest BCUT2D eigenvalue weighted by atomic mass is 16.4. The van der Waals surface area contributed by atoms with E-state index in [9.17, 15) is 29.4 Å². The number of hydrogen-bond acceptors (Lipinski definition) is 6. The molecule has 10 heteroatoms. The number of hydrogen-bond donors (Lipinski definition) is 2. The smallest absolute Gasteiger partial charge is 0.272 e. The molecule has 6 aliphatic rings. The van der Waals surface area contributed by atoms with Gasteiger partial charge < -0.3 is 34.6 Å². The van der Waals surface area contributed by atoms with Gasteiger partial charge in [0, 0.05) is 16.7 Å². The molecule has 8 rings (SSSR count). The molecule has 5 aliphatic heterocycles. The Labute approximate surface area is 237 Å². The highest BCUT2D eigenvalue weighted by molar-refractivity contribution is 6.22. The van der Waals surface area contributed by atoms with Crippen molar-refractivity contribution >= 4 is 29.1 Å². The minimum atomic E-state index is -1.42. The van der Waals surface area contributed by atoms with Gasteiger partial charge in [0.25, 0.3) is 5.91 Å². The molecule has 0 unspecified atom stereocenters. The van der Waals surface area contributed by atoms with Crippen LogP contribution in [0.15, 0.2) is 42.1 Å². The Kier molecular flexibility index (Phi) is 5.61. The van der Waals surface area contributed by atoms with Crippen LogP contribution in [0.2, 0.25) is 0 Å². The van der Waals surface area contributed by atoms with E-state index in [1.165, 1.54) is 4.90 Å². The molecule has 1 aliphatic carbocycles. The van der Waals surface area contributed by atoms with Crippen molar-refractivity contribution in [2.75, 3.05) is 45.8 Å². The van der Waals surface area contributed by atoms with Gasteiger partial charge in [-0.2, -0.15) is 0 Å². The lowest BCUT2D eigenvalue weighted by Crippen LogP contribution is -2.75. The standard InChI is InChI=1S/C31H32N4O6/c1-17(36)27-25-14-22(28(31(40)41)33(25)30(27)39)19-3-5-21-23(13-19)20-4-2-18(12-24(20)29(21)38)15-34-6-9-35(10-7-34,11-8-34)16-26(32)37/h2-5,12-13,17,25,27,36H,6-11,14-16H2,1H3,(H-2,32,37,40,41)/p+1/t17-,25-,27-,34?,35?/m1/s1. The lowest BCUT2D eigenvalue weighted by molar-refractivity contribution is -1.08. The number of benzene rings is 2. The van der Waals surface area contributed by atoms with Crippen LogP contribution in [0.4, 0.5) is 0 Å². The van der Waals surface area contributed by atoms with Crippen LogP contribution in [0.25, 0.3) is 16.7 Å². The van der Waals surface area contributed by atoms with Crippen molar-refractivity contribution in [3.63, 3.8) is 0 Å². The summed E-state index contributed by atoms with van der Waals surface area (Å²) in [7, 11) is 0. The number of β-lactam (4-membered cyclic amide) rings is 1. The fourth-order valence-corrected chi connectivity index (χ4v) is 8.06. The second kappa shape index (κ2) is 8.82. The number of primary amides is 1. The Morgan fingerprint density at radius 3 is 2.27 bits per heavy atom. The van der Waals surface area contributed by atoms with Crippen molar-refractivity contribution in [3.8, 4) is 11.1 Å². The molecular formula is C31H33N4O6+. The number of amides is 2. The van der Waals surface area contributed by atoms with Gasteiger partial charge in [-0.05, 0) is 53.8 Å². The fourth-order valence-electron chi connectivity index (χ4n) is 8.06. The number of aliphatic hydroxyl groups excluding tert-OH is 1. The van der Waals surface area contributed by atoms with E-state index in [0.717, 1.165) is 71.5 Å². The van der Waals surface area contributed by atoms with Gasteiger partial charge in [0.05, 0.1) is 29.7 Å². The van der Waals surface area contributed by atoms with Gasteiger partial charge in [-0.15, -0.1) is 0 Å². The molecule has 2 aromatic carbocycles. The molecule has 2 amide bonds. The zero-order valence-corrected chi connectivity index (χ0v) is 23.0. The molecule has 4 fully saturated rings. The first kappa shape index (κ1) is 26.1. The maximum atomic E-state index is 13.5. The summed E-state index contributed by atoms with van der Waals surface area (Å²) in [6.07, 6.45) is -0.565. The van der Waals surface area contributed by atoms with E-state index in [2.05, 4.69) is 6.07 Å². The second-order valence-electron chi connectivity index (χ2n) is 12.6. The first-order valence-electron chi connectivity index (χ1n) is 14.3. The van der Waals surface area contributed by atoms with Crippen molar-refractivity contribution in [3.05, 3.63) is 64.3 Å². The number of quaternary nitrogens is 2. The van der Waals surface area contributed by atoms with E-state index in [0.29, 0.717) is 35.2 Å². The summed E-state index contributed by atoms with van der Waals surface area (Å²) in [6, 6.07) is 11.0. The fraction of sp³-hybridized carbons (Fsp3) is 0.419. The van der Waals surface area contributed by atoms with Crippen LogP contribution >= 0.6 is 0 Å². The predicted molar refractivity (Wildman–Crippen MR) is 145 cm³/mol. The van der Waals surface area contributed by atoms with Gasteiger partial charge in [0.15, 0.2) is 12.3 Å². The zero-order chi connectivity index (χ0) is 28.8. The molecule has 2 aromatic rings. The van der Waals surface area contributed by atoms with Crippen LogP contribution in [0.3, 0.4) is 0 Å². The summed E-state index contributed by atoms with van der Waals surface area (Å²) in [5, 5.41) is 22.2. The average molecular weight is 558 g/mol. The van der Waals surface area contributed by atoms with E-state index in [1.807, 2.05) is 18.2 Å². The van der Waals surface area contributed by atoms with Gasteiger partial charge in [-0.25, -0.2) is 0 Å². The number of nitrogens with zero attached hydrogens (tertiary/aromatic N) is 3. The number of carbonyl (C=O) groups is 4. The van der Waals surface area contributed by atoms with E-state index < -0.39 is 29.9 Å². The first-order valence-corrected chi connectivity index (χ1v) is 14.3. The van der Waals surface area contributed by atoms with E-state index in [-0.39, 0.29) is 17.4 Å². The Hall–Kier alpha value is -3.86. The quantitative estimate of drug-likeness (QED) is 0.300. The average Bonchev–Trinajstić information content (AvgIpc) is 3.41.